The molecule has 0 N–H and O–H groups in total. The van der Waals surface area contributed by atoms with E-state index in [4.69, 9.17) is 0 Å². The number of rotatable bonds is 3. The molecule has 0 unspecified atom stereocenters. The summed E-state index contributed by atoms with van der Waals surface area (Å²) in [5.74, 6) is -0.371. The number of fused-ring (bicyclic) bond motifs is 2. The maximum atomic E-state index is 16.0. The second-order valence-corrected chi connectivity index (χ2v) is 8.00. The molecular weight excluding hydrogens is 372 g/mol. The molecule has 0 fully saturated rings. The van der Waals surface area contributed by atoms with Crippen LogP contribution in [0.4, 0.5) is 13.0 Å². The lowest BCUT2D eigenvalue weighted by molar-refractivity contribution is -0.363. The lowest BCUT2D eigenvalue weighted by atomic mass is 9.83. The maximum absolute atomic E-state index is 16.0. The van der Waals surface area contributed by atoms with Gasteiger partial charge in [-0.3, -0.25) is 0 Å². The van der Waals surface area contributed by atoms with Crippen LogP contribution >= 0.6 is 0 Å². The van der Waals surface area contributed by atoms with E-state index in [1.807, 2.05) is 33.8 Å². The lowest BCUT2D eigenvalue weighted by Gasteiger charge is -2.34. The predicted molar refractivity (Wildman–Crippen MR) is 113 cm³/mol. The van der Waals surface area contributed by atoms with Crippen molar-refractivity contribution in [2.45, 2.75) is 54.4 Å². The molecule has 1 aromatic heterocycles. The average molecular weight is 398 g/mol. The van der Waals surface area contributed by atoms with Crippen molar-refractivity contribution in [3.05, 3.63) is 75.0 Å². The molecule has 0 bridgehead atoms. The Morgan fingerprint density at radius 2 is 1.72 bits per heavy atom. The van der Waals surface area contributed by atoms with Crippen LogP contribution in [-0.4, -0.2) is 21.6 Å². The van der Waals surface area contributed by atoms with Gasteiger partial charge >= 0.3 is 6.97 Å². The standard InChI is InChI=1S/C23H26BF3N2/c1-7-19-13(3)22-21(17-10-9-11-18(25)12-17)23-14(4)20(8-2)16(6)29(23)24(26,27)28(22)15(19)5/h9-12H,7-8H2,1-6H3. The second kappa shape index (κ2) is 6.51. The van der Waals surface area contributed by atoms with E-state index in [0.717, 1.165) is 22.3 Å². The number of allylic oxidation sites excluding steroid dienone is 2. The monoisotopic (exact) mass is 398 g/mol. The van der Waals surface area contributed by atoms with E-state index in [0.29, 0.717) is 46.8 Å². The van der Waals surface area contributed by atoms with Crippen molar-refractivity contribution in [2.75, 3.05) is 0 Å². The highest BCUT2D eigenvalue weighted by molar-refractivity contribution is 6.58. The Kier molecular flexibility index (Phi) is 4.45. The zero-order chi connectivity index (χ0) is 21.2. The third kappa shape index (κ3) is 2.47. The topological polar surface area (TPSA) is 7.94 Å². The third-order valence-electron chi connectivity index (χ3n) is 6.61. The molecule has 3 heterocycles. The summed E-state index contributed by atoms with van der Waals surface area (Å²) in [5, 5.41) is 0. The molecule has 2 aliphatic heterocycles. The van der Waals surface area contributed by atoms with Gasteiger partial charge in [0.1, 0.15) is 11.5 Å². The van der Waals surface area contributed by atoms with Crippen molar-refractivity contribution in [3.8, 4) is 0 Å². The molecule has 2 nitrogen and oxygen atoms in total. The number of aromatic nitrogens is 1. The Balaban J connectivity index is 2.24. The first-order valence-electron chi connectivity index (χ1n) is 10.2. The van der Waals surface area contributed by atoms with Crippen LogP contribution in [0.5, 0.6) is 0 Å². The zero-order valence-corrected chi connectivity index (χ0v) is 17.8. The third-order valence-corrected chi connectivity index (χ3v) is 6.61. The molecule has 29 heavy (non-hydrogen) atoms. The number of nitrogens with zero attached hydrogens (tertiary/aromatic N) is 2. The van der Waals surface area contributed by atoms with E-state index in [-0.39, 0.29) is 5.82 Å². The summed E-state index contributed by atoms with van der Waals surface area (Å²) in [6.07, 6.45) is 1.35. The molecule has 2 aromatic rings. The normalized spacial score (nSPS) is 18.0. The van der Waals surface area contributed by atoms with Crippen molar-refractivity contribution < 1.29 is 17.5 Å². The molecule has 152 valence electrons. The summed E-state index contributed by atoms with van der Waals surface area (Å²) in [6.45, 7) is 7.28. The van der Waals surface area contributed by atoms with Gasteiger partial charge in [-0.2, -0.15) is 0 Å². The molecule has 0 atom stereocenters. The quantitative estimate of drug-likeness (QED) is 0.559. The van der Waals surface area contributed by atoms with Crippen molar-refractivity contribution >= 4 is 18.3 Å². The summed E-state index contributed by atoms with van der Waals surface area (Å²) in [5.41, 5.74) is 7.13. The van der Waals surface area contributed by atoms with Gasteiger partial charge in [0.15, 0.2) is 5.70 Å². The zero-order valence-electron chi connectivity index (χ0n) is 17.8. The van der Waals surface area contributed by atoms with Gasteiger partial charge in [-0.1, -0.05) is 26.0 Å². The predicted octanol–water partition coefficient (Wildman–Crippen LogP) is 6.02. The van der Waals surface area contributed by atoms with Gasteiger partial charge < -0.3 is 17.6 Å². The van der Waals surface area contributed by atoms with Crippen LogP contribution in [0, 0.1) is 19.7 Å². The van der Waals surface area contributed by atoms with Crippen LogP contribution in [0.2, 0.25) is 0 Å². The highest BCUT2D eigenvalue weighted by Gasteiger charge is 2.56. The molecule has 0 aliphatic carbocycles. The largest absolute Gasteiger partial charge is 0.737 e. The highest BCUT2D eigenvalue weighted by atomic mass is 19.2. The highest BCUT2D eigenvalue weighted by Crippen LogP contribution is 2.47. The van der Waals surface area contributed by atoms with Crippen LogP contribution in [0.15, 0.2) is 41.1 Å². The van der Waals surface area contributed by atoms with Gasteiger partial charge in [0.25, 0.3) is 0 Å². The minimum atomic E-state index is -4.05. The fourth-order valence-corrected chi connectivity index (χ4v) is 5.40. The molecule has 2 aliphatic rings. The van der Waals surface area contributed by atoms with Gasteiger partial charge in [-0.05, 0) is 68.1 Å². The Bertz CT molecular complexity index is 1150. The van der Waals surface area contributed by atoms with Crippen LogP contribution in [0.3, 0.4) is 0 Å². The molecule has 6 heteroatoms. The summed E-state index contributed by atoms with van der Waals surface area (Å²) in [4.78, 5) is 0. The Labute approximate surface area is 170 Å². The average Bonchev–Trinajstić information content (AvgIpc) is 3.07. The fourth-order valence-electron chi connectivity index (χ4n) is 5.40. The Morgan fingerprint density at radius 3 is 2.31 bits per heavy atom. The molecule has 0 radical (unpaired) electrons. The minimum Gasteiger partial charge on any atom is -0.393 e. The van der Waals surface area contributed by atoms with Gasteiger partial charge in [-0.25, -0.2) is 4.39 Å². The van der Waals surface area contributed by atoms with Crippen LogP contribution in [-0.2, 0) is 6.42 Å². The Morgan fingerprint density at radius 1 is 1.03 bits per heavy atom. The van der Waals surface area contributed by atoms with E-state index >= 15 is 8.63 Å². The summed E-state index contributed by atoms with van der Waals surface area (Å²) < 4.78 is 48.7. The fraction of sp³-hybridized carbons (Fsp3) is 0.348. The molecule has 0 spiro atoms. The molecule has 0 amide bonds. The molecule has 1 aromatic carbocycles. The summed E-state index contributed by atoms with van der Waals surface area (Å²) in [7, 11) is 0. The van der Waals surface area contributed by atoms with Gasteiger partial charge in [0.05, 0.1) is 5.57 Å². The molecular formula is C23H26BF3N2. The summed E-state index contributed by atoms with van der Waals surface area (Å²) >= 11 is 0. The maximum Gasteiger partial charge on any atom is 0.737 e. The summed E-state index contributed by atoms with van der Waals surface area (Å²) in [6, 6.07) is 6.28. The molecule has 0 saturated heterocycles. The van der Waals surface area contributed by atoms with Crippen LogP contribution in [0.1, 0.15) is 62.2 Å². The van der Waals surface area contributed by atoms with Crippen LogP contribution in [0.25, 0.3) is 5.57 Å². The van der Waals surface area contributed by atoms with E-state index in [1.165, 1.54) is 21.1 Å². The minimum absolute atomic E-state index is 0.371. The van der Waals surface area contributed by atoms with Crippen molar-refractivity contribution in [1.29, 1.82) is 0 Å². The van der Waals surface area contributed by atoms with Crippen LogP contribution < -0.4 is 0 Å². The van der Waals surface area contributed by atoms with Crippen molar-refractivity contribution in [1.82, 2.24) is 4.48 Å². The second-order valence-electron chi connectivity index (χ2n) is 8.00. The number of halogens is 3. The first kappa shape index (κ1) is 19.8. The first-order valence-corrected chi connectivity index (χ1v) is 10.2. The SMILES string of the molecule is CCC1=C(C)C2=C(c3cccc(F)c3)c3c(C)c(CC)c(C)n3[B-](F)(F)[N+]2=C1C. The van der Waals surface area contributed by atoms with E-state index in [1.54, 1.807) is 19.9 Å². The molecule has 4 rings (SSSR count). The smallest absolute Gasteiger partial charge is 0.393 e. The van der Waals surface area contributed by atoms with Crippen molar-refractivity contribution in [3.63, 3.8) is 0 Å². The first-order chi connectivity index (χ1) is 13.7. The number of benzene rings is 1. The van der Waals surface area contributed by atoms with E-state index in [2.05, 4.69) is 0 Å². The van der Waals surface area contributed by atoms with E-state index < -0.39 is 6.97 Å². The van der Waals surface area contributed by atoms with Gasteiger partial charge in [-0.15, -0.1) is 0 Å². The van der Waals surface area contributed by atoms with E-state index in [9.17, 15) is 4.39 Å². The van der Waals surface area contributed by atoms with Crippen molar-refractivity contribution in [2.24, 2.45) is 0 Å². The van der Waals surface area contributed by atoms with Gasteiger partial charge in [0.2, 0.25) is 0 Å². The number of hydrogen-bond acceptors (Lipinski definition) is 0. The number of hydrogen-bond donors (Lipinski definition) is 0. The lowest BCUT2D eigenvalue weighted by Crippen LogP contribution is -2.51. The molecule has 0 saturated carbocycles. The Hall–Kier alpha value is -2.50. The van der Waals surface area contributed by atoms with Gasteiger partial charge in [0, 0.05) is 23.8 Å².